The van der Waals surface area contributed by atoms with Crippen LogP contribution in [0.25, 0.3) is 55.6 Å². The zero-order valence-corrected chi connectivity index (χ0v) is 23.3. The van der Waals surface area contributed by atoms with Gasteiger partial charge in [0, 0.05) is 5.70 Å². The van der Waals surface area contributed by atoms with Gasteiger partial charge in [0.25, 0.3) is 0 Å². The summed E-state index contributed by atoms with van der Waals surface area (Å²) in [5.41, 5.74) is 13.9. The standard InChI is InChI=1S/C39H35N/c1-5-15-27(6-2)39(40)21-14-11-18-30-25-37-33(8-4)32(7-3)36(26-38(37)35-20-13-12-19-34(30)35)31-23-22-28-16-9-10-17-29(28)24-31/h5-17,19-26H,3-4,18,40H2,1-2H3/b14-11-,15-5-,27-6+,39-21-. The first-order valence-electron chi connectivity index (χ1n) is 13.8. The van der Waals surface area contributed by atoms with Crippen LogP contribution in [0.3, 0.4) is 0 Å². The van der Waals surface area contributed by atoms with E-state index in [1.165, 1.54) is 49.0 Å². The molecular weight excluding hydrogens is 482 g/mol. The lowest BCUT2D eigenvalue weighted by Gasteiger charge is -2.18. The average molecular weight is 518 g/mol. The van der Waals surface area contributed by atoms with E-state index in [-0.39, 0.29) is 0 Å². The van der Waals surface area contributed by atoms with Crippen molar-refractivity contribution in [2.75, 3.05) is 0 Å². The van der Waals surface area contributed by atoms with Crippen LogP contribution in [-0.4, -0.2) is 0 Å². The molecule has 0 saturated heterocycles. The normalized spacial score (nSPS) is 12.8. The van der Waals surface area contributed by atoms with Crippen molar-refractivity contribution in [3.8, 4) is 11.1 Å². The summed E-state index contributed by atoms with van der Waals surface area (Å²) in [7, 11) is 0. The second-order valence-corrected chi connectivity index (χ2v) is 9.90. The Bertz CT molecular complexity index is 1870. The highest BCUT2D eigenvalue weighted by Gasteiger charge is 2.15. The Morgan fingerprint density at radius 1 is 0.750 bits per heavy atom. The molecule has 0 bridgehead atoms. The van der Waals surface area contributed by atoms with Gasteiger partial charge in [0.15, 0.2) is 0 Å². The monoisotopic (exact) mass is 517 g/mol. The number of rotatable bonds is 8. The SMILES string of the molecule is C=Cc1c(-c2ccc3ccccc3c2)cc2c(cc(C\C=C/C=C(N)/C(/C=C\C)=C/C)c3ccccc32)c1C=C. The molecule has 0 spiro atoms. The smallest absolute Gasteiger partial charge is 0.0384 e. The maximum Gasteiger partial charge on any atom is 0.0384 e. The Morgan fingerprint density at radius 3 is 2.20 bits per heavy atom. The van der Waals surface area contributed by atoms with E-state index >= 15 is 0 Å². The number of nitrogens with two attached hydrogens (primary N) is 1. The zero-order chi connectivity index (χ0) is 28.1. The quantitative estimate of drug-likeness (QED) is 0.161. The van der Waals surface area contributed by atoms with Crippen molar-refractivity contribution in [1.82, 2.24) is 0 Å². The molecule has 0 aliphatic carbocycles. The van der Waals surface area contributed by atoms with Gasteiger partial charge in [-0.2, -0.15) is 0 Å². The molecule has 0 aliphatic heterocycles. The highest BCUT2D eigenvalue weighted by molar-refractivity contribution is 6.14. The number of fused-ring (bicyclic) bond motifs is 4. The summed E-state index contributed by atoms with van der Waals surface area (Å²) in [6, 6.07) is 28.5. The molecule has 0 atom stereocenters. The van der Waals surface area contributed by atoms with Gasteiger partial charge in [-0.25, -0.2) is 0 Å². The van der Waals surface area contributed by atoms with Crippen LogP contribution in [0, 0.1) is 0 Å². The first-order valence-corrected chi connectivity index (χ1v) is 13.8. The van der Waals surface area contributed by atoms with E-state index in [0.29, 0.717) is 0 Å². The fourth-order valence-corrected chi connectivity index (χ4v) is 5.57. The minimum Gasteiger partial charge on any atom is -0.398 e. The highest BCUT2D eigenvalue weighted by atomic mass is 14.6. The van der Waals surface area contributed by atoms with Gasteiger partial charge in [-0.15, -0.1) is 0 Å². The van der Waals surface area contributed by atoms with E-state index in [0.717, 1.165) is 28.8 Å². The minimum absolute atomic E-state index is 0.756. The van der Waals surface area contributed by atoms with Crippen molar-refractivity contribution in [3.05, 3.63) is 156 Å². The molecule has 0 aliphatic rings. The Balaban J connectivity index is 1.67. The van der Waals surface area contributed by atoms with Crippen molar-refractivity contribution < 1.29 is 0 Å². The second kappa shape index (κ2) is 11.9. The van der Waals surface area contributed by atoms with Crippen molar-refractivity contribution in [2.45, 2.75) is 20.3 Å². The first-order chi connectivity index (χ1) is 19.6. The number of benzene rings is 5. The average Bonchev–Trinajstić information content (AvgIpc) is 3.00. The molecule has 5 rings (SSSR count). The summed E-state index contributed by atoms with van der Waals surface area (Å²) < 4.78 is 0. The van der Waals surface area contributed by atoms with Crippen LogP contribution in [0.5, 0.6) is 0 Å². The largest absolute Gasteiger partial charge is 0.398 e. The molecule has 0 fully saturated rings. The Morgan fingerprint density at radius 2 is 1.48 bits per heavy atom. The van der Waals surface area contributed by atoms with Crippen molar-refractivity contribution in [1.29, 1.82) is 0 Å². The van der Waals surface area contributed by atoms with Crippen LogP contribution >= 0.6 is 0 Å². The summed E-state index contributed by atoms with van der Waals surface area (Å²) in [6.07, 6.45) is 17.0. The number of allylic oxidation sites excluding steroid dienone is 6. The van der Waals surface area contributed by atoms with E-state index in [4.69, 9.17) is 5.73 Å². The molecule has 5 aromatic carbocycles. The Kier molecular flexibility index (Phi) is 7.94. The molecule has 5 aromatic rings. The van der Waals surface area contributed by atoms with Gasteiger partial charge in [-0.1, -0.05) is 116 Å². The van der Waals surface area contributed by atoms with E-state index < -0.39 is 0 Å². The Hall–Kier alpha value is -4.88. The molecule has 196 valence electrons. The van der Waals surface area contributed by atoms with Crippen LogP contribution in [0.2, 0.25) is 0 Å². The fourth-order valence-electron chi connectivity index (χ4n) is 5.57. The third-order valence-corrected chi connectivity index (χ3v) is 7.54. The van der Waals surface area contributed by atoms with Crippen molar-refractivity contribution in [2.24, 2.45) is 5.73 Å². The second-order valence-electron chi connectivity index (χ2n) is 9.90. The number of hydrogen-bond acceptors (Lipinski definition) is 1. The topological polar surface area (TPSA) is 26.0 Å². The lowest BCUT2D eigenvalue weighted by Crippen LogP contribution is -1.98. The molecule has 0 radical (unpaired) electrons. The first kappa shape index (κ1) is 26.7. The van der Waals surface area contributed by atoms with Crippen LogP contribution < -0.4 is 5.73 Å². The summed E-state index contributed by atoms with van der Waals surface area (Å²) in [5, 5.41) is 7.37. The summed E-state index contributed by atoms with van der Waals surface area (Å²) >= 11 is 0. The predicted molar refractivity (Wildman–Crippen MR) is 178 cm³/mol. The number of hydrogen-bond donors (Lipinski definition) is 1. The predicted octanol–water partition coefficient (Wildman–Crippen LogP) is 10.6. The van der Waals surface area contributed by atoms with Crippen LogP contribution in [0.1, 0.15) is 30.5 Å². The van der Waals surface area contributed by atoms with E-state index in [1.807, 2.05) is 56.4 Å². The van der Waals surface area contributed by atoms with Gasteiger partial charge in [-0.3, -0.25) is 0 Å². The van der Waals surface area contributed by atoms with Crippen molar-refractivity contribution >= 4 is 44.5 Å². The molecule has 40 heavy (non-hydrogen) atoms. The van der Waals surface area contributed by atoms with Gasteiger partial charge in [0.2, 0.25) is 0 Å². The van der Waals surface area contributed by atoms with Crippen molar-refractivity contribution in [3.63, 3.8) is 0 Å². The molecule has 0 aromatic heterocycles. The highest BCUT2D eigenvalue weighted by Crippen LogP contribution is 2.39. The van der Waals surface area contributed by atoms with Gasteiger partial charge in [0.05, 0.1) is 0 Å². The molecule has 0 amide bonds. The molecule has 0 saturated carbocycles. The molecule has 0 heterocycles. The molecule has 1 heteroatoms. The summed E-state index contributed by atoms with van der Waals surface area (Å²) in [6.45, 7) is 12.4. The van der Waals surface area contributed by atoms with E-state index in [9.17, 15) is 0 Å². The van der Waals surface area contributed by atoms with Crippen LogP contribution in [-0.2, 0) is 6.42 Å². The molecular formula is C39H35N. The molecule has 0 unspecified atom stereocenters. The van der Waals surface area contributed by atoms with Gasteiger partial charge in [0.1, 0.15) is 0 Å². The molecule has 2 N–H and O–H groups in total. The maximum atomic E-state index is 6.29. The molecule has 1 nitrogen and oxygen atoms in total. The van der Waals surface area contributed by atoms with Gasteiger partial charge in [-0.05, 0) is 110 Å². The van der Waals surface area contributed by atoms with Gasteiger partial charge >= 0.3 is 0 Å². The lowest BCUT2D eigenvalue weighted by atomic mass is 9.86. The zero-order valence-electron chi connectivity index (χ0n) is 23.3. The fraction of sp³-hybridized carbons (Fsp3) is 0.0769. The van der Waals surface area contributed by atoms with Crippen LogP contribution in [0.4, 0.5) is 0 Å². The maximum absolute atomic E-state index is 6.29. The van der Waals surface area contributed by atoms with E-state index in [2.05, 4.69) is 98.1 Å². The summed E-state index contributed by atoms with van der Waals surface area (Å²) in [5.74, 6) is 0. The minimum atomic E-state index is 0.756. The third kappa shape index (κ3) is 5.07. The van der Waals surface area contributed by atoms with E-state index in [1.54, 1.807) is 0 Å². The van der Waals surface area contributed by atoms with Crippen LogP contribution in [0.15, 0.2) is 140 Å². The van der Waals surface area contributed by atoms with Gasteiger partial charge < -0.3 is 5.73 Å². The third-order valence-electron chi connectivity index (χ3n) is 7.54. The summed E-state index contributed by atoms with van der Waals surface area (Å²) in [4.78, 5) is 0. The lowest BCUT2D eigenvalue weighted by molar-refractivity contribution is 1.29. The Labute approximate surface area is 237 Å².